The highest BCUT2D eigenvalue weighted by Crippen LogP contribution is 2.18. The molecule has 0 fully saturated rings. The van der Waals surface area contributed by atoms with Crippen LogP contribution < -0.4 is 0 Å². The van der Waals surface area contributed by atoms with Gasteiger partial charge in [0.1, 0.15) is 6.29 Å². The molecular weight excluding hydrogens is 236 g/mol. The zero-order valence-electron chi connectivity index (χ0n) is 6.91. The summed E-state index contributed by atoms with van der Waals surface area (Å²) in [4.78, 5) is 21.5. The van der Waals surface area contributed by atoms with Crippen LogP contribution in [-0.4, -0.2) is 19.4 Å². The Morgan fingerprint density at radius 3 is 2.77 bits per heavy atom. The van der Waals surface area contributed by atoms with E-state index in [-0.39, 0.29) is 0 Å². The predicted molar refractivity (Wildman–Crippen MR) is 50.9 cm³/mol. The van der Waals surface area contributed by atoms with Crippen molar-refractivity contribution in [1.82, 2.24) is 0 Å². The Hall–Kier alpha value is -1.16. The van der Waals surface area contributed by atoms with Crippen LogP contribution in [0.4, 0.5) is 0 Å². The first-order valence-corrected chi connectivity index (χ1v) is 4.31. The van der Waals surface area contributed by atoms with E-state index in [0.717, 1.165) is 0 Å². The molecule has 0 saturated heterocycles. The molecule has 0 heterocycles. The van der Waals surface area contributed by atoms with Crippen molar-refractivity contribution in [2.75, 3.05) is 7.11 Å². The van der Waals surface area contributed by atoms with Gasteiger partial charge >= 0.3 is 5.97 Å². The number of ether oxygens (including phenoxy) is 1. The highest BCUT2D eigenvalue weighted by atomic mass is 79.9. The van der Waals surface area contributed by atoms with E-state index in [2.05, 4.69) is 20.7 Å². The molecule has 0 saturated carbocycles. The number of hydrogen-bond acceptors (Lipinski definition) is 3. The molecule has 3 nitrogen and oxygen atoms in total. The lowest BCUT2D eigenvalue weighted by Gasteiger charge is -2.02. The summed E-state index contributed by atoms with van der Waals surface area (Å²) in [7, 11) is 1.29. The molecule has 1 aromatic rings. The van der Waals surface area contributed by atoms with Crippen molar-refractivity contribution in [1.29, 1.82) is 0 Å². The predicted octanol–water partition coefficient (Wildman–Crippen LogP) is 2.05. The molecule has 1 rings (SSSR count). The number of aldehydes is 1. The normalized spacial score (nSPS) is 9.38. The summed E-state index contributed by atoms with van der Waals surface area (Å²) in [5.41, 5.74) is 0.802. The van der Waals surface area contributed by atoms with Crippen molar-refractivity contribution in [3.63, 3.8) is 0 Å². The summed E-state index contributed by atoms with van der Waals surface area (Å²) in [5, 5.41) is 0. The van der Waals surface area contributed by atoms with E-state index in [0.29, 0.717) is 21.9 Å². The van der Waals surface area contributed by atoms with Crippen LogP contribution in [0.5, 0.6) is 0 Å². The summed E-state index contributed by atoms with van der Waals surface area (Å²) in [5.74, 6) is -0.462. The van der Waals surface area contributed by atoms with Crippen molar-refractivity contribution in [2.45, 2.75) is 0 Å². The van der Waals surface area contributed by atoms with E-state index in [1.165, 1.54) is 13.2 Å². The Bertz CT molecular complexity index is 347. The van der Waals surface area contributed by atoms with Crippen LogP contribution in [0, 0.1) is 0 Å². The summed E-state index contributed by atoms with van der Waals surface area (Å²) < 4.78 is 5.15. The largest absolute Gasteiger partial charge is 0.465 e. The van der Waals surface area contributed by atoms with Gasteiger partial charge in [-0.2, -0.15) is 0 Å². The van der Waals surface area contributed by atoms with E-state index in [1.807, 2.05) is 0 Å². The Kier molecular flexibility index (Phi) is 3.19. The molecule has 0 spiro atoms. The van der Waals surface area contributed by atoms with Crippen molar-refractivity contribution in [3.8, 4) is 0 Å². The highest BCUT2D eigenvalue weighted by Gasteiger charge is 2.10. The van der Waals surface area contributed by atoms with Gasteiger partial charge in [-0.3, -0.25) is 4.79 Å². The lowest BCUT2D eigenvalue weighted by atomic mass is 10.1. The molecular formula is C9H7BrO3. The third-order valence-electron chi connectivity index (χ3n) is 1.53. The fraction of sp³-hybridized carbons (Fsp3) is 0.111. The molecule has 0 radical (unpaired) electrons. The fourth-order valence-corrected chi connectivity index (χ4v) is 1.29. The van der Waals surface area contributed by atoms with Crippen LogP contribution >= 0.6 is 15.9 Å². The van der Waals surface area contributed by atoms with Gasteiger partial charge in [0.15, 0.2) is 0 Å². The Morgan fingerprint density at radius 1 is 1.54 bits per heavy atom. The highest BCUT2D eigenvalue weighted by molar-refractivity contribution is 9.10. The van der Waals surface area contributed by atoms with Crippen molar-refractivity contribution < 1.29 is 14.3 Å². The van der Waals surface area contributed by atoms with Crippen molar-refractivity contribution >= 4 is 28.2 Å². The van der Waals surface area contributed by atoms with Gasteiger partial charge < -0.3 is 4.74 Å². The molecule has 0 bridgehead atoms. The topological polar surface area (TPSA) is 43.4 Å². The summed E-state index contributed by atoms with van der Waals surface area (Å²) in [6.07, 6.45) is 0.679. The summed E-state index contributed by atoms with van der Waals surface area (Å²) in [6.45, 7) is 0. The van der Waals surface area contributed by atoms with E-state index in [4.69, 9.17) is 0 Å². The average molecular weight is 243 g/mol. The molecule has 0 aliphatic rings. The molecule has 1 aromatic carbocycles. The third-order valence-corrected chi connectivity index (χ3v) is 2.22. The third kappa shape index (κ3) is 2.15. The summed E-state index contributed by atoms with van der Waals surface area (Å²) in [6, 6.07) is 4.72. The number of methoxy groups -OCH3 is 1. The number of esters is 1. The number of benzene rings is 1. The van der Waals surface area contributed by atoms with Crippen LogP contribution in [0.25, 0.3) is 0 Å². The Balaban J connectivity index is 3.18. The van der Waals surface area contributed by atoms with Crippen molar-refractivity contribution in [2.24, 2.45) is 0 Å². The Morgan fingerprint density at radius 2 is 2.23 bits per heavy atom. The maximum atomic E-state index is 11.1. The molecule has 68 valence electrons. The first-order chi connectivity index (χ1) is 6.19. The van der Waals surface area contributed by atoms with Crippen LogP contribution in [0.3, 0.4) is 0 Å². The standard InChI is InChI=1S/C9H7BrO3/c1-13-9(12)7-4-6(5-11)2-3-8(7)10/h2-5H,1H3. The molecule has 0 aliphatic heterocycles. The number of carbonyl (C=O) groups excluding carboxylic acids is 2. The van der Waals surface area contributed by atoms with Gasteiger partial charge in [-0.05, 0) is 28.1 Å². The van der Waals surface area contributed by atoms with Gasteiger partial charge in [-0.25, -0.2) is 4.79 Å². The minimum absolute atomic E-state index is 0.354. The molecule has 0 aromatic heterocycles. The fourth-order valence-electron chi connectivity index (χ4n) is 0.883. The quantitative estimate of drug-likeness (QED) is 0.589. The zero-order chi connectivity index (χ0) is 9.84. The molecule has 0 atom stereocenters. The van der Waals surface area contributed by atoms with Gasteiger partial charge in [0.2, 0.25) is 0 Å². The first kappa shape index (κ1) is 9.92. The smallest absolute Gasteiger partial charge is 0.339 e. The van der Waals surface area contributed by atoms with Crippen LogP contribution in [-0.2, 0) is 4.74 Å². The van der Waals surface area contributed by atoms with Gasteiger partial charge in [-0.1, -0.05) is 6.07 Å². The number of halogens is 1. The second kappa shape index (κ2) is 4.18. The monoisotopic (exact) mass is 242 g/mol. The maximum Gasteiger partial charge on any atom is 0.339 e. The minimum atomic E-state index is -0.462. The van der Waals surface area contributed by atoms with Crippen LogP contribution in [0.2, 0.25) is 0 Å². The van der Waals surface area contributed by atoms with Crippen molar-refractivity contribution in [3.05, 3.63) is 33.8 Å². The molecule has 0 unspecified atom stereocenters. The number of carbonyl (C=O) groups is 2. The molecule has 4 heteroatoms. The maximum absolute atomic E-state index is 11.1. The van der Waals surface area contributed by atoms with E-state index in [1.54, 1.807) is 12.1 Å². The van der Waals surface area contributed by atoms with E-state index in [9.17, 15) is 9.59 Å². The van der Waals surface area contributed by atoms with Gasteiger partial charge in [0, 0.05) is 10.0 Å². The molecule has 0 N–H and O–H groups in total. The van der Waals surface area contributed by atoms with Gasteiger partial charge in [-0.15, -0.1) is 0 Å². The molecule has 0 aliphatic carbocycles. The van der Waals surface area contributed by atoms with E-state index >= 15 is 0 Å². The average Bonchev–Trinajstić information content (AvgIpc) is 2.17. The molecule has 13 heavy (non-hydrogen) atoms. The second-order valence-corrected chi connectivity index (χ2v) is 3.20. The Labute approximate surface area is 83.8 Å². The number of rotatable bonds is 2. The first-order valence-electron chi connectivity index (χ1n) is 3.52. The van der Waals surface area contributed by atoms with Gasteiger partial charge in [0.25, 0.3) is 0 Å². The van der Waals surface area contributed by atoms with E-state index < -0.39 is 5.97 Å². The summed E-state index contributed by atoms with van der Waals surface area (Å²) >= 11 is 3.18. The molecule has 0 amide bonds. The minimum Gasteiger partial charge on any atom is -0.465 e. The lowest BCUT2D eigenvalue weighted by molar-refractivity contribution is 0.0599. The van der Waals surface area contributed by atoms with Gasteiger partial charge in [0.05, 0.1) is 12.7 Å². The van der Waals surface area contributed by atoms with Crippen LogP contribution in [0.1, 0.15) is 20.7 Å². The van der Waals surface area contributed by atoms with Crippen LogP contribution in [0.15, 0.2) is 22.7 Å². The lowest BCUT2D eigenvalue weighted by Crippen LogP contribution is -2.02. The number of hydrogen-bond donors (Lipinski definition) is 0. The second-order valence-electron chi connectivity index (χ2n) is 2.35. The SMILES string of the molecule is COC(=O)c1cc(C=O)ccc1Br. The zero-order valence-corrected chi connectivity index (χ0v) is 8.50.